The van der Waals surface area contributed by atoms with Crippen molar-refractivity contribution in [3.63, 3.8) is 0 Å². The van der Waals surface area contributed by atoms with Crippen LogP contribution in [-0.2, 0) is 4.79 Å². The molecule has 0 aliphatic heterocycles. The van der Waals surface area contributed by atoms with E-state index in [1.54, 1.807) is 0 Å². The van der Waals surface area contributed by atoms with Crippen LogP contribution in [0.4, 0.5) is 0 Å². The molecule has 2 aliphatic rings. The second-order valence-corrected chi connectivity index (χ2v) is 3.12. The zero-order chi connectivity index (χ0) is 5.72. The highest BCUT2D eigenvalue weighted by atomic mass is 16.1. The minimum atomic E-state index is 0.417. The average Bonchev–Trinajstić information content (AvgIpc) is 2.39. The fourth-order valence-electron chi connectivity index (χ4n) is 1.80. The number of ketones is 1. The predicted octanol–water partition coefficient (Wildman–Crippen LogP) is 1.23. The molecule has 2 aliphatic carbocycles. The maximum absolute atomic E-state index is 10.8. The predicted molar refractivity (Wildman–Crippen MR) is 30.4 cm³/mol. The number of Topliss-reactive ketones (excluding diaryl/α,β-unsaturated/α-hetero) is 1. The second-order valence-electron chi connectivity index (χ2n) is 3.12. The molecule has 0 aromatic carbocycles. The normalized spacial score (nSPS) is 51.6. The maximum atomic E-state index is 10.8. The zero-order valence-electron chi connectivity index (χ0n) is 5.05. The van der Waals surface area contributed by atoms with Crippen molar-refractivity contribution in [2.24, 2.45) is 17.8 Å². The molecule has 1 heteroatoms. The first-order valence-corrected chi connectivity index (χ1v) is 3.32. The molecule has 44 valence electrons. The third kappa shape index (κ3) is 0.396. The van der Waals surface area contributed by atoms with E-state index in [0.717, 1.165) is 18.3 Å². The first kappa shape index (κ1) is 4.54. The Morgan fingerprint density at radius 3 is 2.62 bits per heavy atom. The lowest BCUT2D eigenvalue weighted by atomic mass is 10.1. The first-order chi connectivity index (χ1) is 3.79. The first-order valence-electron chi connectivity index (χ1n) is 3.32. The van der Waals surface area contributed by atoms with E-state index >= 15 is 0 Å². The number of carbonyl (C=O) groups is 1. The van der Waals surface area contributed by atoms with E-state index in [-0.39, 0.29) is 0 Å². The second kappa shape index (κ2) is 1.15. The van der Waals surface area contributed by atoms with Crippen LogP contribution in [0.5, 0.6) is 0 Å². The Bertz CT molecular complexity index is 139. The molecule has 0 radical (unpaired) electrons. The molecule has 2 fully saturated rings. The van der Waals surface area contributed by atoms with Crippen LogP contribution < -0.4 is 0 Å². The van der Waals surface area contributed by atoms with Crippen LogP contribution in [-0.4, -0.2) is 5.78 Å². The van der Waals surface area contributed by atoms with E-state index in [1.807, 2.05) is 0 Å². The SMILES string of the molecule is C[C@H]1C(=O)C[C@@H]2C[C@@H]21. The largest absolute Gasteiger partial charge is 0.299 e. The van der Waals surface area contributed by atoms with Crippen LogP contribution in [0, 0.1) is 17.8 Å². The van der Waals surface area contributed by atoms with Crippen molar-refractivity contribution in [3.8, 4) is 0 Å². The summed E-state index contributed by atoms with van der Waals surface area (Å²) in [5.41, 5.74) is 0. The Morgan fingerprint density at radius 2 is 2.38 bits per heavy atom. The molecular formula is C7H10O. The standard InChI is InChI=1S/C7H10O/c1-4-6-2-5(6)3-7(4)8/h4-6H,2-3H2,1H3/t4-,5+,6-/m1/s1. The van der Waals surface area contributed by atoms with Gasteiger partial charge in [-0.25, -0.2) is 0 Å². The lowest BCUT2D eigenvalue weighted by molar-refractivity contribution is -0.121. The van der Waals surface area contributed by atoms with Gasteiger partial charge in [0.1, 0.15) is 5.78 Å². The van der Waals surface area contributed by atoms with Gasteiger partial charge in [0.2, 0.25) is 0 Å². The van der Waals surface area contributed by atoms with Crippen LogP contribution in [0.3, 0.4) is 0 Å². The summed E-state index contributed by atoms with van der Waals surface area (Å²) < 4.78 is 0. The molecular weight excluding hydrogens is 100 g/mol. The number of hydrogen-bond donors (Lipinski definition) is 0. The molecule has 2 rings (SSSR count). The van der Waals surface area contributed by atoms with Crippen molar-refractivity contribution < 1.29 is 4.79 Å². The highest BCUT2D eigenvalue weighted by Gasteiger charge is 2.50. The van der Waals surface area contributed by atoms with Gasteiger partial charge in [-0.1, -0.05) is 6.92 Å². The average molecular weight is 110 g/mol. The number of rotatable bonds is 0. The Morgan fingerprint density at radius 1 is 1.62 bits per heavy atom. The smallest absolute Gasteiger partial charge is 0.136 e. The molecule has 0 bridgehead atoms. The summed E-state index contributed by atoms with van der Waals surface area (Å²) in [6.07, 6.45) is 2.23. The monoisotopic (exact) mass is 110 g/mol. The topological polar surface area (TPSA) is 17.1 Å². The molecule has 0 amide bonds. The van der Waals surface area contributed by atoms with Gasteiger partial charge in [-0.3, -0.25) is 4.79 Å². The lowest BCUT2D eigenvalue weighted by Gasteiger charge is -1.97. The molecule has 8 heavy (non-hydrogen) atoms. The molecule has 0 spiro atoms. The Hall–Kier alpha value is -0.330. The van der Waals surface area contributed by atoms with Gasteiger partial charge in [0.05, 0.1) is 0 Å². The van der Waals surface area contributed by atoms with E-state index in [2.05, 4.69) is 6.92 Å². The Labute approximate surface area is 49.1 Å². The number of carbonyl (C=O) groups excluding carboxylic acids is 1. The van der Waals surface area contributed by atoms with Gasteiger partial charge in [0.25, 0.3) is 0 Å². The molecule has 1 nitrogen and oxygen atoms in total. The van der Waals surface area contributed by atoms with E-state index in [0.29, 0.717) is 11.7 Å². The summed E-state index contributed by atoms with van der Waals surface area (Å²) in [5, 5.41) is 0. The fraction of sp³-hybridized carbons (Fsp3) is 0.857. The van der Waals surface area contributed by atoms with E-state index in [4.69, 9.17) is 0 Å². The minimum absolute atomic E-state index is 0.417. The summed E-state index contributed by atoms with van der Waals surface area (Å²) in [6.45, 7) is 2.07. The molecule has 0 N–H and O–H groups in total. The third-order valence-electron chi connectivity index (χ3n) is 2.59. The van der Waals surface area contributed by atoms with Crippen LogP contribution in [0.1, 0.15) is 19.8 Å². The fourth-order valence-corrected chi connectivity index (χ4v) is 1.80. The highest BCUT2D eigenvalue weighted by Crippen LogP contribution is 2.53. The molecule has 0 aromatic heterocycles. The van der Waals surface area contributed by atoms with Crippen molar-refractivity contribution in [3.05, 3.63) is 0 Å². The van der Waals surface area contributed by atoms with E-state index in [9.17, 15) is 4.79 Å². The van der Waals surface area contributed by atoms with Gasteiger partial charge in [-0.2, -0.15) is 0 Å². The lowest BCUT2D eigenvalue weighted by Crippen LogP contribution is -2.05. The number of hydrogen-bond acceptors (Lipinski definition) is 1. The number of fused-ring (bicyclic) bond motifs is 1. The summed E-state index contributed by atoms with van der Waals surface area (Å²) in [5.74, 6) is 2.55. The van der Waals surface area contributed by atoms with E-state index in [1.165, 1.54) is 6.42 Å². The van der Waals surface area contributed by atoms with Crippen molar-refractivity contribution >= 4 is 5.78 Å². The molecule has 0 aromatic rings. The molecule has 3 atom stereocenters. The molecule has 2 saturated carbocycles. The van der Waals surface area contributed by atoms with Crippen LogP contribution in [0.2, 0.25) is 0 Å². The van der Waals surface area contributed by atoms with Crippen molar-refractivity contribution in [2.75, 3.05) is 0 Å². The van der Waals surface area contributed by atoms with Gasteiger partial charge in [0.15, 0.2) is 0 Å². The van der Waals surface area contributed by atoms with Crippen molar-refractivity contribution in [2.45, 2.75) is 19.8 Å². The summed E-state index contributed by atoms with van der Waals surface area (Å²) in [6, 6.07) is 0. The van der Waals surface area contributed by atoms with Gasteiger partial charge >= 0.3 is 0 Å². The van der Waals surface area contributed by atoms with Gasteiger partial charge in [-0.15, -0.1) is 0 Å². The summed E-state index contributed by atoms with van der Waals surface area (Å²) >= 11 is 0. The van der Waals surface area contributed by atoms with E-state index < -0.39 is 0 Å². The third-order valence-corrected chi connectivity index (χ3v) is 2.59. The van der Waals surface area contributed by atoms with Gasteiger partial charge in [0, 0.05) is 12.3 Å². The minimum Gasteiger partial charge on any atom is -0.299 e. The maximum Gasteiger partial charge on any atom is 0.136 e. The van der Waals surface area contributed by atoms with Crippen molar-refractivity contribution in [1.82, 2.24) is 0 Å². The Kier molecular flexibility index (Phi) is 0.651. The summed E-state index contributed by atoms with van der Waals surface area (Å²) in [7, 11) is 0. The van der Waals surface area contributed by atoms with Crippen LogP contribution in [0.25, 0.3) is 0 Å². The molecule has 0 unspecified atom stereocenters. The van der Waals surface area contributed by atoms with Crippen LogP contribution >= 0.6 is 0 Å². The summed E-state index contributed by atoms with van der Waals surface area (Å²) in [4.78, 5) is 10.8. The molecule has 0 saturated heterocycles. The molecule has 0 heterocycles. The van der Waals surface area contributed by atoms with Gasteiger partial charge in [-0.05, 0) is 18.3 Å². The highest BCUT2D eigenvalue weighted by molar-refractivity contribution is 5.84. The van der Waals surface area contributed by atoms with Crippen LogP contribution in [0.15, 0.2) is 0 Å². The zero-order valence-corrected chi connectivity index (χ0v) is 5.05. The van der Waals surface area contributed by atoms with Gasteiger partial charge < -0.3 is 0 Å². The van der Waals surface area contributed by atoms with Crippen molar-refractivity contribution in [1.29, 1.82) is 0 Å². The quantitative estimate of drug-likeness (QED) is 0.458. The Balaban J connectivity index is 2.19.